The summed E-state index contributed by atoms with van der Waals surface area (Å²) in [6.07, 6.45) is 8.07. The Morgan fingerprint density at radius 1 is 1.17 bits per heavy atom. The van der Waals surface area contributed by atoms with Crippen LogP contribution < -0.4 is 5.32 Å². The predicted molar refractivity (Wildman–Crippen MR) is 75.6 cm³/mol. The smallest absolute Gasteiger partial charge is 0.227 e. The Labute approximate surface area is 110 Å². The molecule has 1 amide bonds. The Hall–Kier alpha value is -1.31. The van der Waals surface area contributed by atoms with E-state index >= 15 is 0 Å². The second-order valence-electron chi connectivity index (χ2n) is 5.27. The summed E-state index contributed by atoms with van der Waals surface area (Å²) < 4.78 is 0. The van der Waals surface area contributed by atoms with Crippen molar-refractivity contribution in [1.82, 2.24) is 0 Å². The largest absolute Gasteiger partial charge is 0.326 e. The van der Waals surface area contributed by atoms with Crippen molar-refractivity contribution >= 4 is 11.6 Å². The highest BCUT2D eigenvalue weighted by molar-refractivity contribution is 5.92. The molecule has 1 N–H and O–H groups in total. The van der Waals surface area contributed by atoms with Crippen LogP contribution >= 0.6 is 0 Å². The Bertz CT molecular complexity index is 377. The van der Waals surface area contributed by atoms with Gasteiger partial charge in [-0.25, -0.2) is 0 Å². The molecule has 0 radical (unpaired) electrons. The van der Waals surface area contributed by atoms with Crippen molar-refractivity contribution in [2.24, 2.45) is 5.92 Å². The molecule has 0 heterocycles. The van der Waals surface area contributed by atoms with Crippen LogP contribution in [0, 0.1) is 5.92 Å². The summed E-state index contributed by atoms with van der Waals surface area (Å²) in [4.78, 5) is 12.1. The van der Waals surface area contributed by atoms with Gasteiger partial charge in [0.2, 0.25) is 5.91 Å². The lowest BCUT2D eigenvalue weighted by Gasteiger charge is -2.20. The van der Waals surface area contributed by atoms with Gasteiger partial charge in [0.25, 0.3) is 0 Å². The first-order chi connectivity index (χ1) is 8.79. The highest BCUT2D eigenvalue weighted by atomic mass is 16.1. The van der Waals surface area contributed by atoms with Crippen LogP contribution in [-0.4, -0.2) is 5.91 Å². The number of amides is 1. The van der Waals surface area contributed by atoms with E-state index in [0.29, 0.717) is 0 Å². The number of carbonyl (C=O) groups excluding carboxylic acids is 1. The van der Waals surface area contributed by atoms with E-state index in [4.69, 9.17) is 0 Å². The van der Waals surface area contributed by atoms with E-state index in [0.717, 1.165) is 31.4 Å². The van der Waals surface area contributed by atoms with Crippen LogP contribution in [0.15, 0.2) is 24.3 Å². The molecular weight excluding hydrogens is 222 g/mol. The molecule has 2 rings (SSSR count). The highest BCUT2D eigenvalue weighted by Gasteiger charge is 2.20. The Morgan fingerprint density at radius 2 is 1.83 bits per heavy atom. The normalized spacial score (nSPS) is 16.5. The van der Waals surface area contributed by atoms with Gasteiger partial charge in [0.15, 0.2) is 0 Å². The highest BCUT2D eigenvalue weighted by Crippen LogP contribution is 2.25. The Balaban J connectivity index is 1.89. The van der Waals surface area contributed by atoms with Crippen LogP contribution in [0.2, 0.25) is 0 Å². The minimum absolute atomic E-state index is 0.206. The third-order valence-electron chi connectivity index (χ3n) is 3.74. The van der Waals surface area contributed by atoms with E-state index in [1.807, 2.05) is 12.1 Å². The molecule has 2 nitrogen and oxygen atoms in total. The molecule has 1 fully saturated rings. The molecule has 1 aromatic carbocycles. The maximum Gasteiger partial charge on any atom is 0.227 e. The first-order valence-corrected chi connectivity index (χ1v) is 7.19. The van der Waals surface area contributed by atoms with Gasteiger partial charge in [-0.15, -0.1) is 0 Å². The lowest BCUT2D eigenvalue weighted by atomic mass is 9.88. The summed E-state index contributed by atoms with van der Waals surface area (Å²) in [6, 6.07) is 8.26. The number of hydrogen-bond acceptors (Lipinski definition) is 1. The zero-order valence-corrected chi connectivity index (χ0v) is 11.2. The quantitative estimate of drug-likeness (QED) is 0.848. The Kier molecular flexibility index (Phi) is 4.80. The molecule has 2 heteroatoms. The molecule has 0 unspecified atom stereocenters. The summed E-state index contributed by atoms with van der Waals surface area (Å²) in [5.41, 5.74) is 2.28. The molecule has 1 aliphatic carbocycles. The fourth-order valence-corrected chi connectivity index (χ4v) is 2.65. The Morgan fingerprint density at radius 3 is 2.44 bits per heavy atom. The van der Waals surface area contributed by atoms with E-state index in [2.05, 4.69) is 24.4 Å². The summed E-state index contributed by atoms with van der Waals surface area (Å²) >= 11 is 0. The van der Waals surface area contributed by atoms with Crippen LogP contribution in [0.4, 0.5) is 5.69 Å². The molecule has 18 heavy (non-hydrogen) atoms. The molecular formula is C16H23NO. The van der Waals surface area contributed by atoms with Crippen LogP contribution in [0.3, 0.4) is 0 Å². The van der Waals surface area contributed by atoms with Crippen molar-refractivity contribution in [2.75, 3.05) is 5.32 Å². The van der Waals surface area contributed by atoms with Gasteiger partial charge < -0.3 is 5.32 Å². The van der Waals surface area contributed by atoms with E-state index in [-0.39, 0.29) is 11.8 Å². The molecule has 1 aliphatic rings. The van der Waals surface area contributed by atoms with E-state index in [1.54, 1.807) is 0 Å². The van der Waals surface area contributed by atoms with Crippen molar-refractivity contribution in [3.05, 3.63) is 29.8 Å². The zero-order valence-electron chi connectivity index (χ0n) is 11.2. The SMILES string of the molecule is CCCc1ccc(NC(=O)C2CCCCC2)cc1. The molecule has 98 valence electrons. The van der Waals surface area contributed by atoms with E-state index < -0.39 is 0 Å². The minimum atomic E-state index is 0.206. The topological polar surface area (TPSA) is 29.1 Å². The standard InChI is InChI=1S/C16H23NO/c1-2-6-13-9-11-15(12-10-13)17-16(18)14-7-4-3-5-8-14/h9-12,14H,2-8H2,1H3,(H,17,18). The lowest BCUT2D eigenvalue weighted by molar-refractivity contribution is -0.120. The van der Waals surface area contributed by atoms with Gasteiger partial charge in [-0.3, -0.25) is 4.79 Å². The first-order valence-electron chi connectivity index (χ1n) is 7.19. The average Bonchev–Trinajstić information content (AvgIpc) is 2.42. The molecule has 0 aromatic heterocycles. The van der Waals surface area contributed by atoms with Gasteiger partial charge in [0, 0.05) is 11.6 Å². The third-order valence-corrected chi connectivity index (χ3v) is 3.74. The molecule has 0 spiro atoms. The van der Waals surface area contributed by atoms with Crippen molar-refractivity contribution < 1.29 is 4.79 Å². The number of nitrogens with one attached hydrogen (secondary N) is 1. The summed E-state index contributed by atoms with van der Waals surface area (Å²) in [7, 11) is 0. The van der Waals surface area contributed by atoms with Crippen molar-refractivity contribution in [1.29, 1.82) is 0 Å². The van der Waals surface area contributed by atoms with E-state index in [1.165, 1.54) is 24.8 Å². The van der Waals surface area contributed by atoms with Crippen LogP contribution in [0.5, 0.6) is 0 Å². The van der Waals surface area contributed by atoms with Gasteiger partial charge in [-0.05, 0) is 37.0 Å². The van der Waals surface area contributed by atoms with Crippen LogP contribution in [0.1, 0.15) is 51.0 Å². The number of hydrogen-bond donors (Lipinski definition) is 1. The third kappa shape index (κ3) is 3.59. The maximum absolute atomic E-state index is 12.1. The number of anilines is 1. The number of rotatable bonds is 4. The lowest BCUT2D eigenvalue weighted by Crippen LogP contribution is -2.24. The molecule has 1 saturated carbocycles. The van der Waals surface area contributed by atoms with Gasteiger partial charge in [0.05, 0.1) is 0 Å². The zero-order chi connectivity index (χ0) is 12.8. The molecule has 0 aliphatic heterocycles. The second-order valence-corrected chi connectivity index (χ2v) is 5.27. The average molecular weight is 245 g/mol. The fourth-order valence-electron chi connectivity index (χ4n) is 2.65. The van der Waals surface area contributed by atoms with Crippen LogP contribution in [0.25, 0.3) is 0 Å². The van der Waals surface area contributed by atoms with Crippen molar-refractivity contribution in [3.8, 4) is 0 Å². The predicted octanol–water partition coefficient (Wildman–Crippen LogP) is 4.16. The maximum atomic E-state index is 12.1. The van der Waals surface area contributed by atoms with Gasteiger partial charge in [0.1, 0.15) is 0 Å². The number of benzene rings is 1. The van der Waals surface area contributed by atoms with Crippen molar-refractivity contribution in [2.45, 2.75) is 51.9 Å². The summed E-state index contributed by atoms with van der Waals surface area (Å²) in [5, 5.41) is 3.04. The molecule has 0 bridgehead atoms. The number of aryl methyl sites for hydroxylation is 1. The first kappa shape index (κ1) is 13.1. The number of carbonyl (C=O) groups is 1. The summed E-state index contributed by atoms with van der Waals surface area (Å²) in [6.45, 7) is 2.18. The van der Waals surface area contributed by atoms with Crippen molar-refractivity contribution in [3.63, 3.8) is 0 Å². The van der Waals surface area contributed by atoms with E-state index in [9.17, 15) is 4.79 Å². The fraction of sp³-hybridized carbons (Fsp3) is 0.562. The van der Waals surface area contributed by atoms with Gasteiger partial charge >= 0.3 is 0 Å². The van der Waals surface area contributed by atoms with Gasteiger partial charge in [-0.1, -0.05) is 44.7 Å². The minimum Gasteiger partial charge on any atom is -0.326 e. The van der Waals surface area contributed by atoms with Gasteiger partial charge in [-0.2, -0.15) is 0 Å². The monoisotopic (exact) mass is 245 g/mol. The summed E-state index contributed by atoms with van der Waals surface area (Å²) in [5.74, 6) is 0.437. The molecule has 0 atom stereocenters. The van der Waals surface area contributed by atoms with Crippen LogP contribution in [-0.2, 0) is 11.2 Å². The molecule has 1 aromatic rings. The molecule has 0 saturated heterocycles. The second kappa shape index (κ2) is 6.58.